The predicted octanol–water partition coefficient (Wildman–Crippen LogP) is 8.56. The molecule has 0 spiro atoms. The second kappa shape index (κ2) is 13.4. The summed E-state index contributed by atoms with van der Waals surface area (Å²) in [7, 11) is 0. The number of nitrogens with zero attached hydrogens (tertiary/aromatic N) is 6. The Balaban J connectivity index is 1.58. The minimum Gasteiger partial charge on any atom is -0.361 e. The summed E-state index contributed by atoms with van der Waals surface area (Å²) in [5.74, 6) is 3.73. The first-order valence-electron chi connectivity index (χ1n) is 15.7. The monoisotopic (exact) mass is 562 g/mol. The van der Waals surface area contributed by atoms with Crippen LogP contribution in [0.4, 0.5) is 17.2 Å². The van der Waals surface area contributed by atoms with Crippen molar-refractivity contribution in [3.05, 3.63) is 72.3 Å². The van der Waals surface area contributed by atoms with E-state index in [4.69, 9.17) is 15.0 Å². The lowest BCUT2D eigenvalue weighted by Crippen LogP contribution is -2.33. The van der Waals surface area contributed by atoms with Crippen molar-refractivity contribution in [3.63, 3.8) is 0 Å². The number of aliphatic imine (C=N–C) groups is 2. The molecule has 1 aliphatic rings. The van der Waals surface area contributed by atoms with Gasteiger partial charge in [0.1, 0.15) is 17.5 Å². The molecule has 1 saturated heterocycles. The Bertz CT molecular complexity index is 1560. The summed E-state index contributed by atoms with van der Waals surface area (Å²) in [4.78, 5) is 22.4. The zero-order valence-corrected chi connectivity index (χ0v) is 26.3. The number of pyridine rings is 1. The van der Waals surface area contributed by atoms with E-state index in [1.807, 2.05) is 0 Å². The molecule has 1 aromatic heterocycles. The summed E-state index contributed by atoms with van der Waals surface area (Å²) in [5, 5.41) is 3.55. The van der Waals surface area contributed by atoms with Gasteiger partial charge in [0.25, 0.3) is 0 Å². The molecule has 5 rings (SSSR count). The number of aromatic nitrogens is 1. The lowest BCUT2D eigenvalue weighted by molar-refractivity contribution is 0.463. The number of piperidine rings is 1. The van der Waals surface area contributed by atoms with Crippen LogP contribution in [0.3, 0.4) is 0 Å². The first kappa shape index (κ1) is 29.6. The zero-order chi connectivity index (χ0) is 29.6. The largest absolute Gasteiger partial charge is 0.361 e. The Labute approximate surface area is 251 Å². The van der Waals surface area contributed by atoms with Crippen LogP contribution in [0.1, 0.15) is 65.9 Å². The van der Waals surface area contributed by atoms with Crippen molar-refractivity contribution < 1.29 is 0 Å². The summed E-state index contributed by atoms with van der Waals surface area (Å²) in [6.45, 7) is 18.7. The van der Waals surface area contributed by atoms with Gasteiger partial charge in [-0.25, -0.2) is 15.0 Å². The van der Waals surface area contributed by atoms with Crippen molar-refractivity contribution >= 4 is 50.5 Å². The van der Waals surface area contributed by atoms with Gasteiger partial charge >= 0.3 is 0 Å². The minimum absolute atomic E-state index is 0.593. The van der Waals surface area contributed by atoms with Gasteiger partial charge in [0.15, 0.2) is 0 Å². The molecule has 0 aliphatic carbocycles. The Morgan fingerprint density at radius 3 is 1.83 bits per heavy atom. The highest BCUT2D eigenvalue weighted by molar-refractivity contribution is 6.11. The van der Waals surface area contributed by atoms with Crippen LogP contribution in [0.2, 0.25) is 0 Å². The maximum atomic E-state index is 5.35. The molecule has 4 aromatic rings. The van der Waals surface area contributed by atoms with Gasteiger partial charge in [-0.1, -0.05) is 42.5 Å². The second-order valence-electron chi connectivity index (χ2n) is 11.2. The van der Waals surface area contributed by atoms with E-state index < -0.39 is 0 Å². The van der Waals surface area contributed by atoms with Gasteiger partial charge < -0.3 is 14.7 Å². The Kier molecular flexibility index (Phi) is 9.41. The van der Waals surface area contributed by atoms with Crippen LogP contribution in [0.5, 0.6) is 0 Å². The number of hydrogen-bond donors (Lipinski definition) is 0. The maximum Gasteiger partial charge on any atom is 0.137 e. The van der Waals surface area contributed by atoms with Crippen molar-refractivity contribution in [2.24, 2.45) is 9.98 Å². The van der Waals surface area contributed by atoms with Crippen LogP contribution in [-0.4, -0.2) is 65.7 Å². The summed E-state index contributed by atoms with van der Waals surface area (Å²) in [5.41, 5.74) is 4.36. The first-order chi connectivity index (χ1) is 20.4. The first-order valence-corrected chi connectivity index (χ1v) is 15.7. The van der Waals surface area contributed by atoms with Crippen LogP contribution in [-0.2, 0) is 0 Å². The fraction of sp³-hybridized carbons (Fsp3) is 0.417. The number of amidine groups is 2. The van der Waals surface area contributed by atoms with Crippen molar-refractivity contribution in [2.75, 3.05) is 44.2 Å². The highest BCUT2D eigenvalue weighted by atomic mass is 15.2. The molecule has 2 heterocycles. The van der Waals surface area contributed by atoms with Crippen LogP contribution in [0.25, 0.3) is 21.7 Å². The molecule has 0 bridgehead atoms. The quantitative estimate of drug-likeness (QED) is 0.123. The molecular weight excluding hydrogens is 516 g/mol. The van der Waals surface area contributed by atoms with Gasteiger partial charge in [0.2, 0.25) is 0 Å². The van der Waals surface area contributed by atoms with E-state index in [1.165, 1.54) is 16.3 Å². The number of benzene rings is 3. The van der Waals surface area contributed by atoms with Crippen LogP contribution in [0.15, 0.2) is 76.7 Å². The Hall–Kier alpha value is -3.93. The third kappa shape index (κ3) is 6.28. The van der Waals surface area contributed by atoms with Crippen LogP contribution < -0.4 is 4.90 Å². The Morgan fingerprint density at radius 2 is 1.26 bits per heavy atom. The molecule has 1 aliphatic heterocycles. The van der Waals surface area contributed by atoms with Gasteiger partial charge in [-0.3, -0.25) is 0 Å². The average Bonchev–Trinajstić information content (AvgIpc) is 3.02. The van der Waals surface area contributed by atoms with E-state index >= 15 is 0 Å². The van der Waals surface area contributed by atoms with Gasteiger partial charge in [0.05, 0.1) is 16.9 Å². The van der Waals surface area contributed by atoms with Crippen LogP contribution in [0, 0.1) is 0 Å². The van der Waals surface area contributed by atoms with Gasteiger partial charge in [0, 0.05) is 50.0 Å². The summed E-state index contributed by atoms with van der Waals surface area (Å²) in [6.07, 6.45) is 2.25. The third-order valence-corrected chi connectivity index (χ3v) is 8.83. The lowest BCUT2D eigenvalue weighted by Gasteiger charge is -2.34. The van der Waals surface area contributed by atoms with E-state index in [2.05, 4.69) is 123 Å². The highest BCUT2D eigenvalue weighted by Crippen LogP contribution is 2.38. The molecule has 1 fully saturated rings. The fourth-order valence-corrected chi connectivity index (χ4v) is 6.37. The lowest BCUT2D eigenvalue weighted by atomic mass is 9.89. The van der Waals surface area contributed by atoms with Crippen molar-refractivity contribution in [1.82, 2.24) is 14.8 Å². The topological polar surface area (TPSA) is 47.3 Å². The van der Waals surface area contributed by atoms with Gasteiger partial charge in [-0.05, 0) is 95.5 Å². The van der Waals surface area contributed by atoms with E-state index in [-0.39, 0.29) is 0 Å². The standard InChI is InChI=1S/C36H46N6/c1-7-40(8-2)26(5)37-30-16-18-32-33-19-17-31(38-27(6)41(9-3)10-4)25-35(33)39-36(34(32)24-30)42-22-20-29(21-23-42)28-14-12-11-13-15-28/h11-19,24-25,29H,7-10,20-23H2,1-6H3. The molecule has 0 saturated carbocycles. The SMILES string of the molecule is CCN(CC)C(C)=Nc1ccc2c(c1)nc(N1CCC(c3ccccc3)CC1)c1cc(N=C(C)N(CC)CC)ccc12. The van der Waals surface area contributed by atoms with Crippen molar-refractivity contribution in [2.45, 2.75) is 60.3 Å². The van der Waals surface area contributed by atoms with E-state index in [1.54, 1.807) is 0 Å². The third-order valence-electron chi connectivity index (χ3n) is 8.83. The summed E-state index contributed by atoms with van der Waals surface area (Å²) in [6, 6.07) is 24.1. The normalized spacial score (nSPS) is 15.0. The molecule has 0 N–H and O–H groups in total. The van der Waals surface area contributed by atoms with E-state index in [0.717, 1.165) is 91.9 Å². The number of fused-ring (bicyclic) bond motifs is 3. The van der Waals surface area contributed by atoms with Crippen molar-refractivity contribution in [1.29, 1.82) is 0 Å². The molecule has 42 heavy (non-hydrogen) atoms. The Morgan fingerprint density at radius 1 is 0.714 bits per heavy atom. The minimum atomic E-state index is 0.593. The van der Waals surface area contributed by atoms with Gasteiger partial charge in [-0.15, -0.1) is 0 Å². The van der Waals surface area contributed by atoms with E-state index in [0.29, 0.717) is 5.92 Å². The van der Waals surface area contributed by atoms with E-state index in [9.17, 15) is 0 Å². The number of anilines is 1. The molecule has 0 amide bonds. The predicted molar refractivity (Wildman–Crippen MR) is 181 cm³/mol. The average molecular weight is 563 g/mol. The molecule has 0 radical (unpaired) electrons. The fourth-order valence-electron chi connectivity index (χ4n) is 6.37. The smallest absolute Gasteiger partial charge is 0.137 e. The molecule has 0 atom stereocenters. The molecule has 0 unspecified atom stereocenters. The van der Waals surface area contributed by atoms with Gasteiger partial charge in [-0.2, -0.15) is 0 Å². The van der Waals surface area contributed by atoms with Crippen molar-refractivity contribution in [3.8, 4) is 0 Å². The zero-order valence-electron chi connectivity index (χ0n) is 26.3. The molecule has 220 valence electrons. The second-order valence-corrected chi connectivity index (χ2v) is 11.2. The van der Waals surface area contributed by atoms with Crippen LogP contribution >= 0.6 is 0 Å². The number of rotatable bonds is 8. The summed E-state index contributed by atoms with van der Waals surface area (Å²) >= 11 is 0. The maximum absolute atomic E-state index is 5.35. The molecule has 6 heteroatoms. The molecular formula is C36H46N6. The molecule has 6 nitrogen and oxygen atoms in total. The molecule has 3 aromatic carbocycles. The summed E-state index contributed by atoms with van der Waals surface area (Å²) < 4.78 is 0. The highest BCUT2D eigenvalue weighted by Gasteiger charge is 2.24. The number of hydrogen-bond acceptors (Lipinski definition) is 4.